The zero-order valence-corrected chi connectivity index (χ0v) is 12.7. The average molecular weight is 315 g/mol. The highest BCUT2D eigenvalue weighted by Gasteiger charge is 2.20. The molecule has 2 rings (SSSR count). The molecule has 1 aromatic rings. The summed E-state index contributed by atoms with van der Waals surface area (Å²) in [6.07, 6.45) is 4.69. The van der Waals surface area contributed by atoms with Crippen LogP contribution in [-0.2, 0) is 0 Å². The summed E-state index contributed by atoms with van der Waals surface area (Å²) in [6.45, 7) is 2.26. The normalized spacial score (nSPS) is 20.3. The van der Waals surface area contributed by atoms with Crippen molar-refractivity contribution in [3.8, 4) is 0 Å². The number of halogens is 1. The Morgan fingerprint density at radius 1 is 1.47 bits per heavy atom. The van der Waals surface area contributed by atoms with Crippen LogP contribution in [0.2, 0.25) is 0 Å². The number of hydrogen-bond acceptors (Lipinski definition) is 3. The summed E-state index contributed by atoms with van der Waals surface area (Å²) in [5.74, 6) is 0.634. The van der Waals surface area contributed by atoms with Gasteiger partial charge in [0.25, 0.3) is 0 Å². The van der Waals surface area contributed by atoms with Crippen LogP contribution in [0.1, 0.15) is 24.3 Å². The van der Waals surface area contributed by atoms with Crippen molar-refractivity contribution >= 4 is 33.4 Å². The van der Waals surface area contributed by atoms with Gasteiger partial charge in [-0.15, -0.1) is 11.8 Å². The van der Waals surface area contributed by atoms with E-state index in [0.717, 1.165) is 13.1 Å². The van der Waals surface area contributed by atoms with Crippen LogP contribution in [0.25, 0.3) is 0 Å². The highest BCUT2D eigenvalue weighted by Crippen LogP contribution is 2.38. The highest BCUT2D eigenvalue weighted by atomic mass is 79.9. The standard InChI is InChI=1S/C13H19BrN2S/c1-15-13-11(9-4-3-5-16-8-9)6-10(14)7-12(13)17-2/h6-7,9,15-16H,3-5,8H2,1-2H3/t9-/m0/s1. The Kier molecular flexibility index (Phi) is 4.77. The van der Waals surface area contributed by atoms with Crippen LogP contribution < -0.4 is 10.6 Å². The quantitative estimate of drug-likeness (QED) is 0.832. The van der Waals surface area contributed by atoms with E-state index in [1.165, 1.54) is 33.5 Å². The van der Waals surface area contributed by atoms with E-state index < -0.39 is 0 Å². The summed E-state index contributed by atoms with van der Waals surface area (Å²) in [5, 5.41) is 6.86. The van der Waals surface area contributed by atoms with E-state index in [0.29, 0.717) is 5.92 Å². The molecule has 1 aromatic carbocycles. The Morgan fingerprint density at radius 2 is 2.29 bits per heavy atom. The summed E-state index contributed by atoms with van der Waals surface area (Å²) in [5.41, 5.74) is 2.74. The lowest BCUT2D eigenvalue weighted by molar-refractivity contribution is 0.462. The molecule has 0 saturated carbocycles. The molecule has 4 heteroatoms. The van der Waals surface area contributed by atoms with Crippen molar-refractivity contribution in [2.24, 2.45) is 0 Å². The van der Waals surface area contributed by atoms with E-state index in [1.807, 2.05) is 7.05 Å². The monoisotopic (exact) mass is 314 g/mol. The van der Waals surface area contributed by atoms with Crippen LogP contribution in [-0.4, -0.2) is 26.4 Å². The fourth-order valence-electron chi connectivity index (χ4n) is 2.47. The highest BCUT2D eigenvalue weighted by molar-refractivity contribution is 9.10. The Hall–Kier alpha value is -0.190. The first-order valence-corrected chi connectivity index (χ1v) is 8.04. The van der Waals surface area contributed by atoms with Gasteiger partial charge >= 0.3 is 0 Å². The summed E-state index contributed by atoms with van der Waals surface area (Å²) in [4.78, 5) is 1.32. The number of rotatable bonds is 3. The molecule has 0 spiro atoms. The maximum atomic E-state index is 3.62. The molecule has 1 aliphatic heterocycles. The first-order chi connectivity index (χ1) is 8.26. The number of nitrogens with one attached hydrogen (secondary N) is 2. The van der Waals surface area contributed by atoms with Gasteiger partial charge in [0, 0.05) is 23.0 Å². The van der Waals surface area contributed by atoms with Gasteiger partial charge in [0.2, 0.25) is 0 Å². The topological polar surface area (TPSA) is 24.1 Å². The zero-order valence-electron chi connectivity index (χ0n) is 10.3. The lowest BCUT2D eigenvalue weighted by atomic mass is 9.90. The summed E-state index contributed by atoms with van der Waals surface area (Å²) in [7, 11) is 2.02. The fraction of sp³-hybridized carbons (Fsp3) is 0.538. The second kappa shape index (κ2) is 6.12. The molecular formula is C13H19BrN2S. The molecule has 1 fully saturated rings. The smallest absolute Gasteiger partial charge is 0.0512 e. The molecule has 0 unspecified atom stereocenters. The van der Waals surface area contributed by atoms with Crippen molar-refractivity contribution < 1.29 is 0 Å². The van der Waals surface area contributed by atoms with Gasteiger partial charge in [-0.2, -0.15) is 0 Å². The molecule has 0 aromatic heterocycles. The van der Waals surface area contributed by atoms with Crippen LogP contribution in [0.15, 0.2) is 21.5 Å². The summed E-state index contributed by atoms with van der Waals surface area (Å²) in [6, 6.07) is 4.46. The van der Waals surface area contributed by atoms with Crippen LogP contribution >= 0.6 is 27.7 Å². The average Bonchev–Trinajstić information content (AvgIpc) is 2.38. The molecule has 1 saturated heterocycles. The van der Waals surface area contributed by atoms with E-state index in [2.05, 4.69) is 45.0 Å². The van der Waals surface area contributed by atoms with E-state index in [4.69, 9.17) is 0 Å². The minimum atomic E-state index is 0.634. The molecule has 1 aliphatic rings. The van der Waals surface area contributed by atoms with Crippen molar-refractivity contribution in [2.75, 3.05) is 31.7 Å². The summed E-state index contributed by atoms with van der Waals surface area (Å²) >= 11 is 5.42. The van der Waals surface area contributed by atoms with Crippen molar-refractivity contribution in [2.45, 2.75) is 23.7 Å². The van der Waals surface area contributed by atoms with Gasteiger partial charge in [-0.25, -0.2) is 0 Å². The third kappa shape index (κ3) is 2.98. The van der Waals surface area contributed by atoms with Crippen molar-refractivity contribution in [1.29, 1.82) is 0 Å². The van der Waals surface area contributed by atoms with Crippen LogP contribution in [0, 0.1) is 0 Å². The van der Waals surface area contributed by atoms with E-state index >= 15 is 0 Å². The second-order valence-corrected chi connectivity index (χ2v) is 6.13. The Labute approximate surface area is 116 Å². The molecule has 0 radical (unpaired) electrons. The Balaban J connectivity index is 2.39. The number of piperidine rings is 1. The number of hydrogen-bond donors (Lipinski definition) is 2. The molecular weight excluding hydrogens is 296 g/mol. The molecule has 0 bridgehead atoms. The molecule has 1 heterocycles. The molecule has 17 heavy (non-hydrogen) atoms. The largest absolute Gasteiger partial charge is 0.387 e. The van der Waals surface area contributed by atoms with Gasteiger partial charge < -0.3 is 10.6 Å². The minimum Gasteiger partial charge on any atom is -0.387 e. The number of thioether (sulfide) groups is 1. The minimum absolute atomic E-state index is 0.634. The second-order valence-electron chi connectivity index (χ2n) is 4.37. The van der Waals surface area contributed by atoms with E-state index in [-0.39, 0.29) is 0 Å². The van der Waals surface area contributed by atoms with Crippen molar-refractivity contribution in [3.63, 3.8) is 0 Å². The SMILES string of the molecule is CNc1c(SC)cc(Br)cc1[C@H]1CCCNC1. The maximum Gasteiger partial charge on any atom is 0.0512 e. The molecule has 2 N–H and O–H groups in total. The third-order valence-corrected chi connectivity index (χ3v) is 4.52. The lowest BCUT2D eigenvalue weighted by Crippen LogP contribution is -2.28. The van der Waals surface area contributed by atoms with Crippen molar-refractivity contribution in [1.82, 2.24) is 5.32 Å². The predicted molar refractivity (Wildman–Crippen MR) is 80.3 cm³/mol. The molecule has 0 aliphatic carbocycles. The van der Waals surface area contributed by atoms with Gasteiger partial charge in [0.1, 0.15) is 0 Å². The van der Waals surface area contributed by atoms with Crippen LogP contribution in [0.3, 0.4) is 0 Å². The first-order valence-electron chi connectivity index (χ1n) is 6.02. The predicted octanol–water partition coefficient (Wildman–Crippen LogP) is 3.68. The molecule has 94 valence electrons. The first kappa shape index (κ1) is 13.2. The molecule has 0 amide bonds. The van der Waals surface area contributed by atoms with Crippen LogP contribution in [0.4, 0.5) is 5.69 Å². The molecule has 1 atom stereocenters. The fourth-order valence-corrected chi connectivity index (χ4v) is 3.77. The number of benzene rings is 1. The van der Waals surface area contributed by atoms with Gasteiger partial charge in [-0.05, 0) is 49.3 Å². The Bertz CT molecular complexity index is 389. The lowest BCUT2D eigenvalue weighted by Gasteiger charge is -2.26. The zero-order chi connectivity index (χ0) is 12.3. The third-order valence-electron chi connectivity index (χ3n) is 3.30. The summed E-state index contributed by atoms with van der Waals surface area (Å²) < 4.78 is 1.18. The van der Waals surface area contributed by atoms with Gasteiger partial charge in [0.15, 0.2) is 0 Å². The number of anilines is 1. The van der Waals surface area contributed by atoms with E-state index in [1.54, 1.807) is 11.8 Å². The maximum absolute atomic E-state index is 3.62. The van der Waals surface area contributed by atoms with Gasteiger partial charge in [0.05, 0.1) is 5.69 Å². The van der Waals surface area contributed by atoms with E-state index in [9.17, 15) is 0 Å². The molecule has 2 nitrogen and oxygen atoms in total. The van der Waals surface area contributed by atoms with Gasteiger partial charge in [-0.3, -0.25) is 0 Å². The van der Waals surface area contributed by atoms with Crippen molar-refractivity contribution in [3.05, 3.63) is 22.2 Å². The Morgan fingerprint density at radius 3 is 2.88 bits per heavy atom. The van der Waals surface area contributed by atoms with Gasteiger partial charge in [-0.1, -0.05) is 15.9 Å². The van der Waals surface area contributed by atoms with Crippen LogP contribution in [0.5, 0.6) is 0 Å².